The van der Waals surface area contributed by atoms with Crippen molar-refractivity contribution >= 4 is 38.3 Å². The third-order valence-electron chi connectivity index (χ3n) is 7.81. The number of benzene rings is 3. The smallest absolute Gasteiger partial charge is 0.265 e. The van der Waals surface area contributed by atoms with Crippen molar-refractivity contribution < 1.29 is 31.5 Å². The zero-order valence-corrected chi connectivity index (χ0v) is 25.7. The normalized spacial score (nSPS) is 13.5. The number of halogens is 2. The van der Waals surface area contributed by atoms with Crippen LogP contribution < -0.4 is 15.2 Å². The van der Waals surface area contributed by atoms with Crippen LogP contribution in [0.15, 0.2) is 77.8 Å². The fourth-order valence-corrected chi connectivity index (χ4v) is 6.54. The van der Waals surface area contributed by atoms with E-state index >= 15 is 0 Å². The maximum atomic E-state index is 14.4. The molecule has 6 rings (SSSR count). The van der Waals surface area contributed by atoms with Crippen LogP contribution in [0.4, 0.5) is 20.3 Å². The summed E-state index contributed by atoms with van der Waals surface area (Å²) in [6.45, 7) is 3.81. The number of hydrogen-bond acceptors (Lipinski definition) is 8. The van der Waals surface area contributed by atoms with E-state index in [1.807, 2.05) is 24.3 Å². The fraction of sp³-hybridized carbons (Fsp3) is 0.182. The molecule has 0 spiro atoms. The van der Waals surface area contributed by atoms with Gasteiger partial charge < -0.3 is 20.1 Å². The molecule has 5 aromatic rings. The highest BCUT2D eigenvalue weighted by atomic mass is 32.2. The Morgan fingerprint density at radius 2 is 1.70 bits per heavy atom. The summed E-state index contributed by atoms with van der Waals surface area (Å²) < 4.78 is 67.1. The summed E-state index contributed by atoms with van der Waals surface area (Å²) in [4.78, 5) is 22.8. The highest BCUT2D eigenvalue weighted by Gasteiger charge is 2.25. The maximum absolute atomic E-state index is 14.4. The number of ether oxygens (including phenoxy) is 2. The number of nitrogens with zero attached hydrogens (tertiary/aromatic N) is 3. The Hall–Kier alpha value is -5.14. The van der Waals surface area contributed by atoms with Crippen molar-refractivity contribution in [1.29, 1.82) is 0 Å². The molecular formula is C33H29F2N5O5S. The Kier molecular flexibility index (Phi) is 8.28. The van der Waals surface area contributed by atoms with Gasteiger partial charge in [-0.05, 0) is 66.1 Å². The first kappa shape index (κ1) is 30.9. The van der Waals surface area contributed by atoms with E-state index < -0.39 is 26.6 Å². The molecule has 3 aromatic carbocycles. The average Bonchev–Trinajstić information content (AvgIpc) is 3.05. The number of hydrogen-bond donors (Lipinski definition) is 2. The monoisotopic (exact) mass is 645 g/mol. The van der Waals surface area contributed by atoms with Crippen LogP contribution in [0.2, 0.25) is 0 Å². The second-order valence-corrected chi connectivity index (χ2v) is 12.3. The van der Waals surface area contributed by atoms with Crippen LogP contribution in [-0.4, -0.2) is 62.6 Å². The third kappa shape index (κ3) is 5.94. The third-order valence-corrected chi connectivity index (χ3v) is 9.20. The molecule has 0 aliphatic carbocycles. The Morgan fingerprint density at radius 1 is 0.978 bits per heavy atom. The summed E-state index contributed by atoms with van der Waals surface area (Å²) in [7, 11) is -3.14. The largest absolute Gasteiger partial charge is 0.479 e. The number of carbonyl (C=O) groups is 1. The van der Waals surface area contributed by atoms with Gasteiger partial charge in [0.05, 0.1) is 25.8 Å². The van der Waals surface area contributed by atoms with E-state index in [0.29, 0.717) is 71.5 Å². The molecule has 3 N–H and O–H groups in total. The predicted octanol–water partition coefficient (Wildman–Crippen LogP) is 5.41. The quantitative estimate of drug-likeness (QED) is 0.240. The van der Waals surface area contributed by atoms with Gasteiger partial charge in [-0.15, -0.1) is 0 Å². The number of nitrogens with two attached hydrogens (primary N) is 1. The molecule has 13 heteroatoms. The summed E-state index contributed by atoms with van der Waals surface area (Å²) >= 11 is 0. The summed E-state index contributed by atoms with van der Waals surface area (Å²) in [5.74, 6) is -1.90. The van der Waals surface area contributed by atoms with Crippen LogP contribution in [-0.2, 0) is 14.8 Å². The van der Waals surface area contributed by atoms with Gasteiger partial charge in [-0.25, -0.2) is 27.2 Å². The average molecular weight is 646 g/mol. The Balaban J connectivity index is 1.34. The summed E-state index contributed by atoms with van der Waals surface area (Å²) in [6, 6.07) is 16.7. The van der Waals surface area contributed by atoms with E-state index in [0.717, 1.165) is 23.1 Å². The molecule has 10 nitrogen and oxygen atoms in total. The predicted molar refractivity (Wildman–Crippen MR) is 170 cm³/mol. The number of pyridine rings is 2. The number of fused-ring (bicyclic) bond motifs is 1. The van der Waals surface area contributed by atoms with Crippen LogP contribution in [0, 0.1) is 18.6 Å². The van der Waals surface area contributed by atoms with Crippen molar-refractivity contribution in [2.24, 2.45) is 0 Å². The van der Waals surface area contributed by atoms with E-state index in [1.165, 1.54) is 7.11 Å². The number of morpholine rings is 1. The van der Waals surface area contributed by atoms with Gasteiger partial charge in [-0.3, -0.25) is 9.52 Å². The van der Waals surface area contributed by atoms with Gasteiger partial charge >= 0.3 is 0 Å². The van der Waals surface area contributed by atoms with Crippen LogP contribution in [0.3, 0.4) is 0 Å². The van der Waals surface area contributed by atoms with Gasteiger partial charge in [0, 0.05) is 47.4 Å². The molecule has 0 radical (unpaired) electrons. The van der Waals surface area contributed by atoms with Crippen molar-refractivity contribution in [1.82, 2.24) is 14.9 Å². The molecule has 236 valence electrons. The molecule has 3 heterocycles. The van der Waals surface area contributed by atoms with Gasteiger partial charge in [0.15, 0.2) is 0 Å². The lowest BCUT2D eigenvalue weighted by molar-refractivity contribution is 0.0303. The molecule has 0 unspecified atom stereocenters. The standard InChI is InChI=1S/C33H29F2N5O5S/c1-19-26(18-37-32(44-2)30(19)39-46(42,43)29-10-8-24(34)17-27(29)35)22-7-9-28-23(15-22)16-25(31(36)38-28)20-3-5-21(6-4-20)33(41)40-11-13-45-14-12-40/h3-10,15-18,39H,11-14H2,1-2H3,(H2,36,38). The topological polar surface area (TPSA) is 137 Å². The van der Waals surface area contributed by atoms with Gasteiger partial charge in [0.2, 0.25) is 5.88 Å². The molecule has 1 amide bonds. The Bertz CT molecular complexity index is 2090. The lowest BCUT2D eigenvalue weighted by Gasteiger charge is -2.26. The SMILES string of the molecule is COc1ncc(-c2ccc3nc(N)c(-c4ccc(C(=O)N5CCOCC5)cc4)cc3c2)c(C)c1NS(=O)(=O)c1ccc(F)cc1F. The summed E-state index contributed by atoms with van der Waals surface area (Å²) in [6.07, 6.45) is 1.54. The number of amides is 1. The number of nitrogens with one attached hydrogen (secondary N) is 1. The van der Waals surface area contributed by atoms with Gasteiger partial charge in [0.25, 0.3) is 15.9 Å². The van der Waals surface area contributed by atoms with E-state index in [9.17, 15) is 22.0 Å². The van der Waals surface area contributed by atoms with Crippen LogP contribution in [0.25, 0.3) is 33.2 Å². The zero-order chi connectivity index (χ0) is 32.6. The number of rotatable bonds is 7. The Labute approximate surface area is 263 Å². The van der Waals surface area contributed by atoms with E-state index in [2.05, 4.69) is 14.7 Å². The number of anilines is 2. The molecule has 2 aromatic heterocycles. The summed E-state index contributed by atoms with van der Waals surface area (Å²) in [5, 5.41) is 0.751. The molecule has 0 atom stereocenters. The summed E-state index contributed by atoms with van der Waals surface area (Å²) in [5.41, 5.74) is 10.7. The molecule has 1 aliphatic heterocycles. The molecule has 1 aliphatic rings. The Morgan fingerprint density at radius 3 is 2.39 bits per heavy atom. The zero-order valence-electron chi connectivity index (χ0n) is 24.9. The van der Waals surface area contributed by atoms with Crippen molar-refractivity contribution in [2.75, 3.05) is 43.9 Å². The minimum atomic E-state index is -4.47. The van der Waals surface area contributed by atoms with Gasteiger partial charge in [0.1, 0.15) is 28.0 Å². The lowest BCUT2D eigenvalue weighted by Crippen LogP contribution is -2.40. The second-order valence-electron chi connectivity index (χ2n) is 10.7. The minimum Gasteiger partial charge on any atom is -0.479 e. The lowest BCUT2D eigenvalue weighted by atomic mass is 9.98. The minimum absolute atomic E-state index is 0.00616. The number of sulfonamides is 1. The number of carbonyl (C=O) groups excluding carboxylic acids is 1. The fourth-order valence-electron chi connectivity index (χ4n) is 5.36. The van der Waals surface area contributed by atoms with Gasteiger partial charge in [-0.1, -0.05) is 18.2 Å². The molecule has 46 heavy (non-hydrogen) atoms. The molecule has 0 bridgehead atoms. The highest BCUT2D eigenvalue weighted by Crippen LogP contribution is 2.37. The molecular weight excluding hydrogens is 616 g/mol. The highest BCUT2D eigenvalue weighted by molar-refractivity contribution is 7.92. The molecule has 0 saturated carbocycles. The van der Waals surface area contributed by atoms with E-state index in [4.69, 9.17) is 15.2 Å². The maximum Gasteiger partial charge on any atom is 0.265 e. The van der Waals surface area contributed by atoms with Crippen LogP contribution in [0.5, 0.6) is 5.88 Å². The number of methoxy groups -OCH3 is 1. The first-order chi connectivity index (χ1) is 22.1. The van der Waals surface area contributed by atoms with Crippen molar-refractivity contribution in [3.63, 3.8) is 0 Å². The van der Waals surface area contributed by atoms with Crippen molar-refractivity contribution in [2.45, 2.75) is 11.8 Å². The van der Waals surface area contributed by atoms with E-state index in [-0.39, 0.29) is 17.5 Å². The van der Waals surface area contributed by atoms with Crippen molar-refractivity contribution in [3.05, 3.63) is 95.7 Å². The molecule has 1 fully saturated rings. The van der Waals surface area contributed by atoms with Crippen LogP contribution >= 0.6 is 0 Å². The van der Waals surface area contributed by atoms with Crippen molar-refractivity contribution in [3.8, 4) is 28.1 Å². The van der Waals surface area contributed by atoms with Crippen LogP contribution in [0.1, 0.15) is 15.9 Å². The van der Waals surface area contributed by atoms with Gasteiger partial charge in [-0.2, -0.15) is 0 Å². The number of aromatic nitrogens is 2. The first-order valence-corrected chi connectivity index (χ1v) is 15.7. The number of nitrogen functional groups attached to an aromatic ring is 1. The first-order valence-electron chi connectivity index (χ1n) is 14.3. The van der Waals surface area contributed by atoms with E-state index in [1.54, 1.807) is 42.3 Å². The second kappa shape index (κ2) is 12.3. The molecule has 1 saturated heterocycles.